The number of nitrogens with one attached hydrogen (secondary N) is 1. The van der Waals surface area contributed by atoms with Crippen molar-refractivity contribution in [2.75, 3.05) is 12.0 Å². The van der Waals surface area contributed by atoms with Crippen molar-refractivity contribution in [3.05, 3.63) is 95.7 Å². The molecule has 2 N–H and O–H groups in total. The minimum atomic E-state index is -0.418. The summed E-state index contributed by atoms with van der Waals surface area (Å²) in [5.41, 5.74) is 4.53. The molecule has 1 aromatic heterocycles. The highest BCUT2D eigenvalue weighted by atomic mass is 16.5. The van der Waals surface area contributed by atoms with Crippen LogP contribution in [0.25, 0.3) is 11.3 Å². The van der Waals surface area contributed by atoms with E-state index >= 15 is 0 Å². The molecule has 5 rings (SSSR count). The topological polar surface area (TPSA) is 78.5 Å². The van der Waals surface area contributed by atoms with Crippen LogP contribution < -0.4 is 9.64 Å². The highest BCUT2D eigenvalue weighted by Gasteiger charge is 2.43. The maximum atomic E-state index is 13.4. The van der Waals surface area contributed by atoms with Gasteiger partial charge in [0, 0.05) is 16.8 Å². The summed E-state index contributed by atoms with van der Waals surface area (Å²) in [5, 5.41) is 17.5. The number of hydrogen-bond acceptors (Lipinski definition) is 4. The first-order valence-electron chi connectivity index (χ1n) is 9.58. The molecule has 0 spiro atoms. The minimum Gasteiger partial charge on any atom is -0.504 e. The van der Waals surface area contributed by atoms with Gasteiger partial charge in [0.2, 0.25) is 0 Å². The van der Waals surface area contributed by atoms with Crippen LogP contribution in [0, 0.1) is 0 Å². The number of phenolic OH excluding ortho intramolecular Hbond substituents is 1. The second-order valence-corrected chi connectivity index (χ2v) is 7.07. The number of aromatic hydroxyl groups is 1. The van der Waals surface area contributed by atoms with E-state index in [0.717, 1.165) is 28.1 Å². The number of fused-ring (bicyclic) bond motifs is 1. The number of ether oxygens (including phenoxy) is 1. The summed E-state index contributed by atoms with van der Waals surface area (Å²) < 4.78 is 5.32. The number of phenols is 1. The van der Waals surface area contributed by atoms with E-state index in [0.29, 0.717) is 11.4 Å². The molecule has 6 heteroatoms. The van der Waals surface area contributed by atoms with Gasteiger partial charge in [0.25, 0.3) is 5.91 Å². The van der Waals surface area contributed by atoms with E-state index in [9.17, 15) is 9.90 Å². The summed E-state index contributed by atoms with van der Waals surface area (Å²) in [6.07, 6.45) is 0. The van der Waals surface area contributed by atoms with Gasteiger partial charge in [0.05, 0.1) is 18.8 Å². The number of aromatic nitrogens is 2. The number of nitrogens with zero attached hydrogens (tertiary/aromatic N) is 2. The zero-order chi connectivity index (χ0) is 20.7. The molecule has 30 heavy (non-hydrogen) atoms. The van der Waals surface area contributed by atoms with E-state index in [1.807, 2.05) is 66.7 Å². The Morgan fingerprint density at radius 2 is 1.70 bits per heavy atom. The number of anilines is 1. The van der Waals surface area contributed by atoms with Crippen molar-refractivity contribution in [1.29, 1.82) is 0 Å². The molecule has 1 amide bonds. The Balaban J connectivity index is 1.75. The molecule has 0 unspecified atom stereocenters. The summed E-state index contributed by atoms with van der Waals surface area (Å²) in [5.74, 6) is 0.252. The van der Waals surface area contributed by atoms with Gasteiger partial charge < -0.3 is 9.84 Å². The molecule has 0 fully saturated rings. The van der Waals surface area contributed by atoms with Crippen molar-refractivity contribution in [2.45, 2.75) is 6.04 Å². The Morgan fingerprint density at radius 1 is 1.00 bits per heavy atom. The van der Waals surface area contributed by atoms with Gasteiger partial charge in [-0.2, -0.15) is 5.10 Å². The number of amides is 1. The number of methoxy groups -OCH3 is 1. The Hall–Kier alpha value is -4.06. The number of H-pyrrole nitrogens is 1. The molecular weight excluding hydrogens is 378 g/mol. The Kier molecular flexibility index (Phi) is 4.25. The maximum Gasteiger partial charge on any atom is 0.277 e. The van der Waals surface area contributed by atoms with Crippen molar-refractivity contribution in [2.24, 2.45) is 0 Å². The second kappa shape index (κ2) is 7.08. The smallest absolute Gasteiger partial charge is 0.277 e. The molecule has 1 atom stereocenters. The third-order valence-electron chi connectivity index (χ3n) is 5.37. The molecule has 0 saturated carbocycles. The summed E-state index contributed by atoms with van der Waals surface area (Å²) in [7, 11) is 1.51. The molecule has 4 aromatic rings. The number of carbonyl (C=O) groups excluding carboxylic acids is 1. The molecular formula is C24H19N3O3. The normalized spacial score (nSPS) is 15.3. The fraction of sp³-hybridized carbons (Fsp3) is 0.0833. The number of para-hydroxylation sites is 1. The largest absolute Gasteiger partial charge is 0.504 e. The van der Waals surface area contributed by atoms with E-state index in [4.69, 9.17) is 4.74 Å². The average Bonchev–Trinajstić information content (AvgIpc) is 3.34. The number of carbonyl (C=O) groups is 1. The van der Waals surface area contributed by atoms with Crippen LogP contribution in [0.3, 0.4) is 0 Å². The average molecular weight is 397 g/mol. The number of aromatic amines is 1. The van der Waals surface area contributed by atoms with Gasteiger partial charge >= 0.3 is 0 Å². The highest BCUT2D eigenvalue weighted by molar-refractivity contribution is 6.11. The summed E-state index contributed by atoms with van der Waals surface area (Å²) in [4.78, 5) is 15.2. The van der Waals surface area contributed by atoms with Gasteiger partial charge in [0.1, 0.15) is 5.69 Å². The van der Waals surface area contributed by atoms with Gasteiger partial charge in [-0.3, -0.25) is 14.8 Å². The standard InChI is InChI=1S/C24H19N3O3/c1-30-19-14-16(12-13-18(19)28)23-20-21(15-8-4-2-5-9-15)25-26-22(20)24(29)27(23)17-10-6-3-7-11-17/h2-14,23,28H,1H3,(H,25,26)/t23-/m0/s1. The molecule has 3 aromatic carbocycles. The third kappa shape index (κ3) is 2.73. The summed E-state index contributed by atoms with van der Waals surface area (Å²) in [6, 6.07) is 24.1. The summed E-state index contributed by atoms with van der Waals surface area (Å²) >= 11 is 0. The Morgan fingerprint density at radius 3 is 2.40 bits per heavy atom. The van der Waals surface area contributed by atoms with Crippen LogP contribution in [0.4, 0.5) is 5.69 Å². The van der Waals surface area contributed by atoms with Gasteiger partial charge in [-0.15, -0.1) is 0 Å². The van der Waals surface area contributed by atoms with Gasteiger partial charge in [-0.05, 0) is 29.8 Å². The summed E-state index contributed by atoms with van der Waals surface area (Å²) in [6.45, 7) is 0. The van der Waals surface area contributed by atoms with Crippen LogP contribution in [-0.2, 0) is 0 Å². The molecule has 0 bridgehead atoms. The molecule has 6 nitrogen and oxygen atoms in total. The Labute approximate surface area is 173 Å². The number of benzene rings is 3. The van der Waals surface area contributed by atoms with Crippen molar-refractivity contribution >= 4 is 11.6 Å². The van der Waals surface area contributed by atoms with E-state index < -0.39 is 6.04 Å². The van der Waals surface area contributed by atoms with E-state index in [1.54, 1.807) is 17.0 Å². The van der Waals surface area contributed by atoms with Crippen molar-refractivity contribution in [3.8, 4) is 22.8 Å². The molecule has 1 aliphatic rings. The third-order valence-corrected chi connectivity index (χ3v) is 5.37. The molecule has 148 valence electrons. The SMILES string of the molecule is COc1cc([C@H]2c3c(-c4ccccc4)n[nH]c3C(=O)N2c2ccccc2)ccc1O. The Bertz CT molecular complexity index is 1220. The monoisotopic (exact) mass is 397 g/mol. The minimum absolute atomic E-state index is 0.0486. The molecule has 0 aliphatic carbocycles. The maximum absolute atomic E-state index is 13.4. The number of hydrogen-bond donors (Lipinski definition) is 2. The molecule has 2 heterocycles. The quantitative estimate of drug-likeness (QED) is 0.530. The van der Waals surface area contributed by atoms with Crippen LogP contribution in [0.1, 0.15) is 27.7 Å². The first-order valence-corrected chi connectivity index (χ1v) is 9.58. The van der Waals surface area contributed by atoms with Gasteiger partial charge in [-0.25, -0.2) is 0 Å². The van der Waals surface area contributed by atoms with Crippen LogP contribution in [0.5, 0.6) is 11.5 Å². The van der Waals surface area contributed by atoms with Crippen LogP contribution >= 0.6 is 0 Å². The van der Waals surface area contributed by atoms with E-state index in [-0.39, 0.29) is 11.7 Å². The molecule has 1 aliphatic heterocycles. The van der Waals surface area contributed by atoms with E-state index in [2.05, 4.69) is 10.2 Å². The fourth-order valence-corrected chi connectivity index (χ4v) is 4.00. The lowest BCUT2D eigenvalue weighted by Gasteiger charge is -2.26. The number of rotatable bonds is 4. The van der Waals surface area contributed by atoms with Crippen LogP contribution in [0.15, 0.2) is 78.9 Å². The van der Waals surface area contributed by atoms with Crippen molar-refractivity contribution < 1.29 is 14.6 Å². The zero-order valence-corrected chi connectivity index (χ0v) is 16.2. The predicted octanol–water partition coefficient (Wildman–Crippen LogP) is 4.54. The van der Waals surface area contributed by atoms with Crippen LogP contribution in [-0.4, -0.2) is 28.3 Å². The van der Waals surface area contributed by atoms with Gasteiger partial charge in [-0.1, -0.05) is 54.6 Å². The first kappa shape index (κ1) is 18.0. The zero-order valence-electron chi connectivity index (χ0n) is 16.2. The predicted molar refractivity (Wildman–Crippen MR) is 114 cm³/mol. The van der Waals surface area contributed by atoms with Crippen LogP contribution in [0.2, 0.25) is 0 Å². The molecule has 0 saturated heterocycles. The van der Waals surface area contributed by atoms with E-state index in [1.165, 1.54) is 7.11 Å². The van der Waals surface area contributed by atoms with Crippen molar-refractivity contribution in [1.82, 2.24) is 10.2 Å². The fourth-order valence-electron chi connectivity index (χ4n) is 4.00. The lowest BCUT2D eigenvalue weighted by Crippen LogP contribution is -2.29. The van der Waals surface area contributed by atoms with Crippen molar-refractivity contribution in [3.63, 3.8) is 0 Å². The lowest BCUT2D eigenvalue weighted by molar-refractivity contribution is 0.0988. The molecule has 0 radical (unpaired) electrons. The first-order chi connectivity index (χ1) is 14.7. The second-order valence-electron chi connectivity index (χ2n) is 7.07. The lowest BCUT2D eigenvalue weighted by atomic mass is 9.95. The van der Waals surface area contributed by atoms with Gasteiger partial charge in [0.15, 0.2) is 11.5 Å². The highest BCUT2D eigenvalue weighted by Crippen LogP contribution is 2.46.